The molecular weight excluding hydrogens is 314 g/mol. The van der Waals surface area contributed by atoms with Crippen molar-refractivity contribution in [3.05, 3.63) is 35.2 Å². The third-order valence-corrected chi connectivity index (χ3v) is 4.93. The Morgan fingerprint density at radius 1 is 1.48 bits per heavy atom. The van der Waals surface area contributed by atoms with E-state index < -0.39 is 0 Å². The number of carbonyl (C=O) groups is 1. The maximum absolute atomic E-state index is 12.6. The zero-order chi connectivity index (χ0) is 15.8. The Kier molecular flexibility index (Phi) is 3.60. The molecule has 1 fully saturated rings. The molecule has 120 valence electrons. The van der Waals surface area contributed by atoms with Crippen LogP contribution in [0.25, 0.3) is 4.96 Å². The number of hydrogen-bond acceptors (Lipinski definition) is 6. The van der Waals surface area contributed by atoms with Crippen molar-refractivity contribution in [2.75, 3.05) is 13.1 Å². The minimum absolute atomic E-state index is 0.112. The summed E-state index contributed by atoms with van der Waals surface area (Å²) in [5.41, 5.74) is 0.819. The Morgan fingerprint density at radius 2 is 2.39 bits per heavy atom. The predicted octanol–water partition coefficient (Wildman–Crippen LogP) is 2.04. The van der Waals surface area contributed by atoms with Crippen LogP contribution in [-0.2, 0) is 11.2 Å². The molecule has 0 N–H and O–H groups in total. The molecule has 23 heavy (non-hydrogen) atoms. The molecule has 1 saturated heterocycles. The predicted molar refractivity (Wildman–Crippen MR) is 84.4 cm³/mol. The Hall–Kier alpha value is -2.22. The number of carbonyl (C=O) groups excluding carboxylic acids is 1. The smallest absolute Gasteiger partial charge is 0.228 e. The van der Waals surface area contributed by atoms with Crippen LogP contribution in [-0.4, -0.2) is 43.4 Å². The van der Waals surface area contributed by atoms with Crippen molar-refractivity contribution in [3.63, 3.8) is 0 Å². The summed E-state index contributed by atoms with van der Waals surface area (Å²) in [6, 6.07) is 0. The minimum Gasteiger partial charge on any atom is -0.342 e. The maximum Gasteiger partial charge on any atom is 0.228 e. The monoisotopic (exact) mass is 331 g/mol. The lowest BCUT2D eigenvalue weighted by atomic mass is 9.97. The van der Waals surface area contributed by atoms with Gasteiger partial charge in [-0.15, -0.1) is 11.3 Å². The molecule has 0 bridgehead atoms. The first-order valence-electron chi connectivity index (χ1n) is 7.68. The third kappa shape index (κ3) is 2.86. The summed E-state index contributed by atoms with van der Waals surface area (Å²) in [5.74, 6) is 1.56. The van der Waals surface area contributed by atoms with Gasteiger partial charge in [0, 0.05) is 43.7 Å². The number of amides is 1. The molecule has 1 atom stereocenters. The average molecular weight is 331 g/mol. The molecule has 0 spiro atoms. The number of aromatic nitrogens is 4. The molecule has 8 heteroatoms. The molecule has 1 aliphatic heterocycles. The zero-order valence-corrected chi connectivity index (χ0v) is 13.6. The second kappa shape index (κ2) is 5.77. The molecule has 4 rings (SSSR count). The van der Waals surface area contributed by atoms with Crippen LogP contribution in [0.1, 0.15) is 36.2 Å². The highest BCUT2D eigenvalue weighted by atomic mass is 32.1. The van der Waals surface area contributed by atoms with Gasteiger partial charge in [0.1, 0.15) is 0 Å². The van der Waals surface area contributed by atoms with Crippen LogP contribution in [0.4, 0.5) is 0 Å². The molecule has 1 amide bonds. The summed E-state index contributed by atoms with van der Waals surface area (Å²) in [6.07, 6.45) is 6.17. The highest BCUT2D eigenvalue weighted by Gasteiger charge is 2.28. The van der Waals surface area contributed by atoms with E-state index in [4.69, 9.17) is 4.52 Å². The summed E-state index contributed by atoms with van der Waals surface area (Å²) >= 11 is 1.57. The highest BCUT2D eigenvalue weighted by molar-refractivity contribution is 7.15. The first-order chi connectivity index (χ1) is 11.2. The molecule has 1 aliphatic rings. The normalized spacial score (nSPS) is 18.7. The van der Waals surface area contributed by atoms with Crippen molar-refractivity contribution in [2.24, 2.45) is 0 Å². The van der Waals surface area contributed by atoms with Gasteiger partial charge in [0.2, 0.25) is 11.8 Å². The van der Waals surface area contributed by atoms with Crippen LogP contribution in [0, 0.1) is 6.92 Å². The fraction of sp³-hybridized carbons (Fsp3) is 0.467. The minimum atomic E-state index is 0.112. The number of fused-ring (bicyclic) bond motifs is 1. The van der Waals surface area contributed by atoms with Crippen molar-refractivity contribution in [2.45, 2.75) is 32.1 Å². The zero-order valence-electron chi connectivity index (χ0n) is 12.8. The molecule has 0 saturated carbocycles. The van der Waals surface area contributed by atoms with Crippen molar-refractivity contribution in [1.82, 2.24) is 24.4 Å². The first kappa shape index (κ1) is 14.4. The van der Waals surface area contributed by atoms with E-state index in [1.54, 1.807) is 18.3 Å². The topological polar surface area (TPSA) is 76.5 Å². The Balaban J connectivity index is 1.44. The summed E-state index contributed by atoms with van der Waals surface area (Å²) in [4.78, 5) is 24.2. The molecule has 0 aliphatic carbocycles. The molecule has 0 aromatic carbocycles. The van der Waals surface area contributed by atoms with Crippen LogP contribution in [0.15, 0.2) is 22.3 Å². The molecule has 0 radical (unpaired) electrons. The van der Waals surface area contributed by atoms with Gasteiger partial charge in [-0.05, 0) is 12.8 Å². The van der Waals surface area contributed by atoms with Gasteiger partial charge in [0.05, 0.1) is 12.1 Å². The van der Waals surface area contributed by atoms with Gasteiger partial charge in [-0.25, -0.2) is 4.98 Å². The summed E-state index contributed by atoms with van der Waals surface area (Å²) in [6.45, 7) is 3.22. The molecule has 3 aromatic rings. The van der Waals surface area contributed by atoms with Crippen LogP contribution in [0.2, 0.25) is 0 Å². The van der Waals surface area contributed by atoms with Gasteiger partial charge < -0.3 is 9.42 Å². The number of imidazole rings is 1. The van der Waals surface area contributed by atoms with E-state index in [2.05, 4.69) is 15.1 Å². The number of aryl methyl sites for hydroxylation is 1. The first-order valence-corrected chi connectivity index (χ1v) is 8.56. The van der Waals surface area contributed by atoms with Crippen molar-refractivity contribution in [1.29, 1.82) is 0 Å². The van der Waals surface area contributed by atoms with Gasteiger partial charge in [-0.3, -0.25) is 9.20 Å². The summed E-state index contributed by atoms with van der Waals surface area (Å²) in [5, 5.41) is 5.98. The van der Waals surface area contributed by atoms with E-state index in [0.717, 1.165) is 30.0 Å². The standard InChI is InChI=1S/C15H17N5O2S/c1-10-16-14(18-22-10)11-3-2-4-19(8-11)13(21)7-12-9-20-5-6-23-15(20)17-12/h5-6,9,11H,2-4,7-8H2,1H3/t11-/m0/s1. The van der Waals surface area contributed by atoms with Crippen LogP contribution in [0.5, 0.6) is 0 Å². The lowest BCUT2D eigenvalue weighted by Gasteiger charge is -2.31. The lowest BCUT2D eigenvalue weighted by Crippen LogP contribution is -2.40. The average Bonchev–Trinajstić information content (AvgIpc) is 3.23. The van der Waals surface area contributed by atoms with Gasteiger partial charge >= 0.3 is 0 Å². The molecule has 4 heterocycles. The molecule has 7 nitrogen and oxygen atoms in total. The van der Waals surface area contributed by atoms with Crippen LogP contribution < -0.4 is 0 Å². The Labute approximate surface area is 136 Å². The summed E-state index contributed by atoms with van der Waals surface area (Å²) in [7, 11) is 0. The largest absolute Gasteiger partial charge is 0.342 e. The number of likely N-dealkylation sites (tertiary alicyclic amines) is 1. The van der Waals surface area contributed by atoms with Gasteiger partial charge in [0.15, 0.2) is 10.8 Å². The molecular formula is C15H17N5O2S. The third-order valence-electron chi connectivity index (χ3n) is 4.16. The van der Waals surface area contributed by atoms with E-state index in [1.807, 2.05) is 27.1 Å². The van der Waals surface area contributed by atoms with Crippen molar-refractivity contribution < 1.29 is 9.32 Å². The quantitative estimate of drug-likeness (QED) is 0.734. The Bertz CT molecular complexity index is 807. The number of hydrogen-bond donors (Lipinski definition) is 0. The van der Waals surface area contributed by atoms with Crippen LogP contribution in [0.3, 0.4) is 0 Å². The number of thiazole rings is 1. The highest BCUT2D eigenvalue weighted by Crippen LogP contribution is 2.25. The van der Waals surface area contributed by atoms with Gasteiger partial charge in [-0.2, -0.15) is 4.98 Å². The van der Waals surface area contributed by atoms with Crippen molar-refractivity contribution >= 4 is 22.2 Å². The molecule has 3 aromatic heterocycles. The fourth-order valence-corrected chi connectivity index (χ4v) is 3.74. The van der Waals surface area contributed by atoms with Gasteiger partial charge in [-0.1, -0.05) is 5.16 Å². The number of nitrogens with zero attached hydrogens (tertiary/aromatic N) is 5. The maximum atomic E-state index is 12.6. The van der Waals surface area contributed by atoms with E-state index >= 15 is 0 Å². The number of rotatable bonds is 3. The van der Waals surface area contributed by atoms with Gasteiger partial charge in [0.25, 0.3) is 0 Å². The number of piperidine rings is 1. The molecule has 0 unspecified atom stereocenters. The second-order valence-electron chi connectivity index (χ2n) is 5.85. The summed E-state index contributed by atoms with van der Waals surface area (Å²) < 4.78 is 7.01. The lowest BCUT2D eigenvalue weighted by molar-refractivity contribution is -0.131. The van der Waals surface area contributed by atoms with Crippen LogP contribution >= 0.6 is 11.3 Å². The van der Waals surface area contributed by atoms with E-state index in [1.165, 1.54) is 0 Å². The fourth-order valence-electron chi connectivity index (χ4n) is 3.02. The van der Waals surface area contributed by atoms with Crippen molar-refractivity contribution in [3.8, 4) is 0 Å². The second-order valence-corrected chi connectivity index (χ2v) is 6.73. The van der Waals surface area contributed by atoms with E-state index in [9.17, 15) is 4.79 Å². The van der Waals surface area contributed by atoms with E-state index in [-0.39, 0.29) is 11.8 Å². The Morgan fingerprint density at radius 3 is 3.17 bits per heavy atom. The SMILES string of the molecule is Cc1nc([C@H]2CCCN(C(=O)Cc3cn4ccsc4n3)C2)no1. The van der Waals surface area contributed by atoms with E-state index in [0.29, 0.717) is 24.7 Å².